The van der Waals surface area contributed by atoms with Crippen molar-refractivity contribution in [2.75, 3.05) is 0 Å². The van der Waals surface area contributed by atoms with E-state index in [0.29, 0.717) is 11.4 Å². The Hall–Kier alpha value is -3.28. The predicted octanol–water partition coefficient (Wildman–Crippen LogP) is 3.24. The lowest BCUT2D eigenvalue weighted by Crippen LogP contribution is -2.19. The van der Waals surface area contributed by atoms with Gasteiger partial charge in [-0.1, -0.05) is 12.1 Å². The molecule has 1 aromatic carbocycles. The number of hydrazone groups is 1. The maximum atomic E-state index is 12.2. The fourth-order valence-corrected chi connectivity index (χ4v) is 2.34. The largest absolute Gasteiger partial charge is 0.289 e. The van der Waals surface area contributed by atoms with E-state index < -0.39 is 0 Å². The van der Waals surface area contributed by atoms with Crippen molar-refractivity contribution in [3.8, 4) is 11.3 Å². The average molecular weight is 333 g/mol. The van der Waals surface area contributed by atoms with Gasteiger partial charge in [0.15, 0.2) is 0 Å². The number of carbonyl (C=O) groups is 1. The van der Waals surface area contributed by atoms with Crippen LogP contribution in [0, 0.1) is 13.8 Å². The molecule has 2 N–H and O–H groups in total. The Morgan fingerprint density at radius 2 is 1.84 bits per heavy atom. The molecule has 0 fully saturated rings. The van der Waals surface area contributed by atoms with Crippen LogP contribution in [0.15, 0.2) is 53.9 Å². The van der Waals surface area contributed by atoms with Gasteiger partial charge >= 0.3 is 0 Å². The third kappa shape index (κ3) is 3.80. The predicted molar refractivity (Wildman–Crippen MR) is 97.4 cm³/mol. The molecule has 126 valence electrons. The van der Waals surface area contributed by atoms with Gasteiger partial charge in [0.2, 0.25) is 0 Å². The third-order valence-corrected chi connectivity index (χ3v) is 4.05. The summed E-state index contributed by atoms with van der Waals surface area (Å²) in [4.78, 5) is 16.2. The Kier molecular flexibility index (Phi) is 4.70. The van der Waals surface area contributed by atoms with E-state index in [4.69, 9.17) is 0 Å². The number of nitrogens with one attached hydrogen (secondary N) is 2. The molecule has 1 amide bonds. The van der Waals surface area contributed by atoms with Crippen molar-refractivity contribution < 1.29 is 4.79 Å². The topological polar surface area (TPSA) is 83.0 Å². The highest BCUT2D eigenvalue weighted by Gasteiger charge is 2.11. The molecule has 2 aromatic heterocycles. The van der Waals surface area contributed by atoms with E-state index >= 15 is 0 Å². The van der Waals surface area contributed by atoms with Crippen LogP contribution in [0.25, 0.3) is 11.3 Å². The summed E-state index contributed by atoms with van der Waals surface area (Å²) < 4.78 is 0. The molecular formula is C19H19N5O. The number of H-pyrrole nitrogens is 1. The highest BCUT2D eigenvalue weighted by atomic mass is 16.2. The van der Waals surface area contributed by atoms with E-state index in [9.17, 15) is 4.79 Å². The number of rotatable bonds is 4. The zero-order chi connectivity index (χ0) is 17.8. The standard InChI is InChI=1S/C19H19N5O/c1-12-4-5-16(10-13(12)2)17-11-18(23-22-17)19(25)24-21-14(3)15-6-8-20-9-7-15/h4-11H,1-3H3,(H,22,23)(H,24,25). The van der Waals surface area contributed by atoms with Crippen LogP contribution in [0.3, 0.4) is 0 Å². The maximum absolute atomic E-state index is 12.2. The lowest BCUT2D eigenvalue weighted by Gasteiger charge is -2.02. The van der Waals surface area contributed by atoms with Crippen LogP contribution in [0.4, 0.5) is 0 Å². The second-order valence-corrected chi connectivity index (χ2v) is 5.84. The van der Waals surface area contributed by atoms with E-state index in [1.807, 2.05) is 31.2 Å². The second-order valence-electron chi connectivity index (χ2n) is 5.84. The van der Waals surface area contributed by atoms with Gasteiger partial charge in [0.1, 0.15) is 5.69 Å². The first kappa shape index (κ1) is 16.6. The normalized spacial score (nSPS) is 11.4. The Bertz CT molecular complexity index is 928. The van der Waals surface area contributed by atoms with Crippen molar-refractivity contribution in [3.05, 3.63) is 71.2 Å². The van der Waals surface area contributed by atoms with Crippen LogP contribution in [0.1, 0.15) is 34.1 Å². The summed E-state index contributed by atoms with van der Waals surface area (Å²) in [6, 6.07) is 11.5. The number of hydrogen-bond acceptors (Lipinski definition) is 4. The molecule has 6 heteroatoms. The minimum absolute atomic E-state index is 0.337. The van der Waals surface area contributed by atoms with Gasteiger partial charge in [0, 0.05) is 23.5 Å². The number of benzene rings is 1. The van der Waals surface area contributed by atoms with Gasteiger partial charge < -0.3 is 0 Å². The molecule has 0 aliphatic carbocycles. The van der Waals surface area contributed by atoms with Crippen LogP contribution in [-0.4, -0.2) is 26.8 Å². The van der Waals surface area contributed by atoms with Gasteiger partial charge in [-0.3, -0.25) is 14.9 Å². The van der Waals surface area contributed by atoms with Gasteiger partial charge in [0.25, 0.3) is 5.91 Å². The molecule has 0 aliphatic heterocycles. The minimum atomic E-state index is -0.337. The first-order valence-electron chi connectivity index (χ1n) is 7.92. The molecule has 0 spiro atoms. The summed E-state index contributed by atoms with van der Waals surface area (Å²) in [7, 11) is 0. The number of aryl methyl sites for hydroxylation is 2. The summed E-state index contributed by atoms with van der Waals surface area (Å²) >= 11 is 0. The Balaban J connectivity index is 1.73. The lowest BCUT2D eigenvalue weighted by molar-refractivity contribution is 0.0950. The van der Waals surface area contributed by atoms with Crippen LogP contribution >= 0.6 is 0 Å². The van der Waals surface area contributed by atoms with Crippen LogP contribution in [0.5, 0.6) is 0 Å². The molecule has 3 rings (SSSR count). The summed E-state index contributed by atoms with van der Waals surface area (Å²) in [5.41, 5.74) is 8.60. The SMILES string of the molecule is CC(=NNC(=O)c1cc(-c2ccc(C)c(C)c2)n[nH]1)c1ccncc1. The van der Waals surface area contributed by atoms with Gasteiger partial charge in [-0.2, -0.15) is 10.2 Å². The molecule has 0 aliphatic rings. The number of nitrogens with zero attached hydrogens (tertiary/aromatic N) is 3. The molecule has 3 aromatic rings. The zero-order valence-corrected chi connectivity index (χ0v) is 14.4. The number of aromatic amines is 1. The molecular weight excluding hydrogens is 314 g/mol. The van der Waals surface area contributed by atoms with Crippen molar-refractivity contribution in [2.24, 2.45) is 5.10 Å². The Labute approximate surface area is 146 Å². The van der Waals surface area contributed by atoms with Gasteiger partial charge in [-0.15, -0.1) is 0 Å². The molecule has 0 atom stereocenters. The van der Waals surface area contributed by atoms with Gasteiger partial charge in [0.05, 0.1) is 11.4 Å². The molecule has 0 unspecified atom stereocenters. The van der Waals surface area contributed by atoms with E-state index in [1.165, 1.54) is 11.1 Å². The lowest BCUT2D eigenvalue weighted by atomic mass is 10.0. The molecule has 0 bridgehead atoms. The maximum Gasteiger partial charge on any atom is 0.289 e. The summed E-state index contributed by atoms with van der Waals surface area (Å²) in [6.45, 7) is 5.93. The van der Waals surface area contributed by atoms with E-state index in [2.05, 4.69) is 45.6 Å². The highest BCUT2D eigenvalue weighted by Crippen LogP contribution is 2.20. The van der Waals surface area contributed by atoms with Crippen LogP contribution in [0.2, 0.25) is 0 Å². The number of pyridine rings is 1. The van der Waals surface area contributed by atoms with Crippen molar-refractivity contribution in [1.82, 2.24) is 20.6 Å². The molecule has 6 nitrogen and oxygen atoms in total. The van der Waals surface area contributed by atoms with Crippen molar-refractivity contribution in [3.63, 3.8) is 0 Å². The number of amides is 1. The monoisotopic (exact) mass is 333 g/mol. The summed E-state index contributed by atoms with van der Waals surface area (Å²) in [5.74, 6) is -0.337. The average Bonchev–Trinajstić information content (AvgIpc) is 3.12. The van der Waals surface area contributed by atoms with E-state index in [0.717, 1.165) is 16.8 Å². The second kappa shape index (κ2) is 7.09. The Morgan fingerprint density at radius 1 is 1.08 bits per heavy atom. The van der Waals surface area contributed by atoms with Crippen LogP contribution in [-0.2, 0) is 0 Å². The molecule has 0 saturated carbocycles. The van der Waals surface area contributed by atoms with Gasteiger partial charge in [-0.05, 0) is 56.2 Å². The number of hydrogen-bond donors (Lipinski definition) is 2. The summed E-state index contributed by atoms with van der Waals surface area (Å²) in [6.07, 6.45) is 3.36. The first-order valence-corrected chi connectivity index (χ1v) is 7.92. The number of aromatic nitrogens is 3. The molecule has 2 heterocycles. The fourth-order valence-electron chi connectivity index (χ4n) is 2.34. The van der Waals surface area contributed by atoms with Gasteiger partial charge in [-0.25, -0.2) is 5.43 Å². The first-order chi connectivity index (χ1) is 12.0. The van der Waals surface area contributed by atoms with E-state index in [-0.39, 0.29) is 5.91 Å². The van der Waals surface area contributed by atoms with E-state index in [1.54, 1.807) is 18.5 Å². The van der Waals surface area contributed by atoms with Crippen molar-refractivity contribution in [1.29, 1.82) is 0 Å². The number of carbonyl (C=O) groups excluding carboxylic acids is 1. The fraction of sp³-hybridized carbons (Fsp3) is 0.158. The molecule has 0 saturated heterocycles. The van der Waals surface area contributed by atoms with Crippen molar-refractivity contribution >= 4 is 11.6 Å². The smallest absolute Gasteiger partial charge is 0.272 e. The molecule has 0 radical (unpaired) electrons. The molecule has 25 heavy (non-hydrogen) atoms. The third-order valence-electron chi connectivity index (χ3n) is 4.05. The quantitative estimate of drug-likeness (QED) is 0.568. The van der Waals surface area contributed by atoms with Crippen molar-refractivity contribution in [2.45, 2.75) is 20.8 Å². The minimum Gasteiger partial charge on any atom is -0.272 e. The zero-order valence-electron chi connectivity index (χ0n) is 14.4. The summed E-state index contributed by atoms with van der Waals surface area (Å²) in [5, 5.41) is 11.1. The Morgan fingerprint density at radius 3 is 2.56 bits per heavy atom. The highest BCUT2D eigenvalue weighted by molar-refractivity contribution is 6.00. The van der Waals surface area contributed by atoms with Crippen LogP contribution < -0.4 is 5.43 Å².